The molecular formula is C16H21N3O. The molecule has 0 saturated heterocycles. The van der Waals surface area contributed by atoms with Crippen LogP contribution in [0.2, 0.25) is 0 Å². The first kappa shape index (κ1) is 14.4. The molecule has 20 heavy (non-hydrogen) atoms. The molecule has 1 aromatic heterocycles. The lowest BCUT2D eigenvalue weighted by Gasteiger charge is -2.02. The number of aryl methyl sites for hydroxylation is 2. The van der Waals surface area contributed by atoms with Crippen LogP contribution in [0.1, 0.15) is 38.2 Å². The van der Waals surface area contributed by atoms with Crippen LogP contribution in [0, 0.1) is 0 Å². The Kier molecular flexibility index (Phi) is 5.47. The molecule has 0 spiro atoms. The van der Waals surface area contributed by atoms with Crippen molar-refractivity contribution in [1.82, 2.24) is 15.0 Å². The van der Waals surface area contributed by atoms with Crippen LogP contribution in [0.15, 0.2) is 30.5 Å². The Morgan fingerprint density at radius 3 is 2.70 bits per heavy atom. The Balaban J connectivity index is 1.98. The summed E-state index contributed by atoms with van der Waals surface area (Å²) in [7, 11) is 0. The summed E-state index contributed by atoms with van der Waals surface area (Å²) in [5.41, 5.74) is 3.30. The zero-order valence-electron chi connectivity index (χ0n) is 12.0. The van der Waals surface area contributed by atoms with E-state index in [1.54, 1.807) is 4.68 Å². The zero-order valence-corrected chi connectivity index (χ0v) is 12.0. The molecule has 4 heteroatoms. The summed E-state index contributed by atoms with van der Waals surface area (Å²) in [6.45, 7) is 2.81. The van der Waals surface area contributed by atoms with E-state index >= 15 is 0 Å². The van der Waals surface area contributed by atoms with E-state index in [1.165, 1.54) is 24.8 Å². The summed E-state index contributed by atoms with van der Waals surface area (Å²) in [6, 6.07) is 8.51. The largest absolute Gasteiger partial charge is 0.303 e. The van der Waals surface area contributed by atoms with Gasteiger partial charge in [0.15, 0.2) is 0 Å². The van der Waals surface area contributed by atoms with Crippen molar-refractivity contribution < 1.29 is 4.79 Å². The highest BCUT2D eigenvalue weighted by Gasteiger charge is 2.03. The molecule has 2 rings (SSSR count). The van der Waals surface area contributed by atoms with Crippen LogP contribution >= 0.6 is 0 Å². The summed E-state index contributed by atoms with van der Waals surface area (Å²) in [5, 5.41) is 8.16. The number of benzene rings is 1. The maximum atomic E-state index is 10.3. The lowest BCUT2D eigenvalue weighted by atomic mass is 10.0. The summed E-state index contributed by atoms with van der Waals surface area (Å²) < 4.78 is 1.71. The Bertz CT molecular complexity index is 531. The van der Waals surface area contributed by atoms with Gasteiger partial charge < -0.3 is 4.79 Å². The SMILES string of the molecule is CCCCCc1ccc(-c2cn(CCC=O)nn2)cc1. The van der Waals surface area contributed by atoms with Crippen molar-refractivity contribution in [3.05, 3.63) is 36.0 Å². The molecule has 0 aliphatic rings. The predicted molar refractivity (Wildman–Crippen MR) is 79.4 cm³/mol. The first-order valence-corrected chi connectivity index (χ1v) is 7.26. The van der Waals surface area contributed by atoms with E-state index in [0.717, 1.165) is 24.0 Å². The molecule has 0 atom stereocenters. The zero-order chi connectivity index (χ0) is 14.2. The summed E-state index contributed by atoms with van der Waals surface area (Å²) >= 11 is 0. The maximum Gasteiger partial charge on any atom is 0.121 e. The Hall–Kier alpha value is -1.97. The second-order valence-electron chi connectivity index (χ2n) is 4.98. The van der Waals surface area contributed by atoms with Crippen molar-refractivity contribution in [3.63, 3.8) is 0 Å². The molecule has 0 aliphatic heterocycles. The number of hydrogen-bond donors (Lipinski definition) is 0. The second kappa shape index (κ2) is 7.58. The van der Waals surface area contributed by atoms with Crippen LogP contribution in [0.5, 0.6) is 0 Å². The number of rotatable bonds is 8. The molecular weight excluding hydrogens is 250 g/mol. The van der Waals surface area contributed by atoms with Gasteiger partial charge >= 0.3 is 0 Å². The number of hydrogen-bond acceptors (Lipinski definition) is 3. The molecule has 1 heterocycles. The van der Waals surface area contributed by atoms with Crippen molar-refractivity contribution in [2.24, 2.45) is 0 Å². The van der Waals surface area contributed by atoms with Gasteiger partial charge in [-0.1, -0.05) is 49.2 Å². The van der Waals surface area contributed by atoms with Crippen LogP contribution in [-0.4, -0.2) is 21.3 Å². The van der Waals surface area contributed by atoms with Crippen molar-refractivity contribution in [1.29, 1.82) is 0 Å². The molecule has 0 radical (unpaired) electrons. The smallest absolute Gasteiger partial charge is 0.121 e. The average molecular weight is 271 g/mol. The lowest BCUT2D eigenvalue weighted by molar-refractivity contribution is -0.108. The third kappa shape index (κ3) is 4.02. The van der Waals surface area contributed by atoms with Gasteiger partial charge in [0.25, 0.3) is 0 Å². The first-order chi connectivity index (χ1) is 9.83. The highest BCUT2D eigenvalue weighted by atomic mass is 16.1. The normalized spacial score (nSPS) is 10.7. The molecule has 2 aromatic rings. The van der Waals surface area contributed by atoms with Crippen LogP contribution in [0.3, 0.4) is 0 Å². The molecule has 0 saturated carbocycles. The summed E-state index contributed by atoms with van der Waals surface area (Å²) in [6.07, 6.45) is 8.17. The average Bonchev–Trinajstić information content (AvgIpc) is 2.95. The van der Waals surface area contributed by atoms with E-state index in [0.29, 0.717) is 13.0 Å². The minimum Gasteiger partial charge on any atom is -0.303 e. The monoisotopic (exact) mass is 271 g/mol. The number of aromatic nitrogens is 3. The Labute approximate surface area is 119 Å². The highest BCUT2D eigenvalue weighted by Crippen LogP contribution is 2.18. The Morgan fingerprint density at radius 2 is 2.00 bits per heavy atom. The second-order valence-corrected chi connectivity index (χ2v) is 4.98. The van der Waals surface area contributed by atoms with E-state index in [2.05, 4.69) is 41.5 Å². The van der Waals surface area contributed by atoms with Gasteiger partial charge in [0.2, 0.25) is 0 Å². The fraction of sp³-hybridized carbons (Fsp3) is 0.438. The van der Waals surface area contributed by atoms with E-state index in [1.807, 2.05) is 6.20 Å². The fourth-order valence-corrected chi connectivity index (χ4v) is 2.15. The van der Waals surface area contributed by atoms with Crippen molar-refractivity contribution >= 4 is 6.29 Å². The fourth-order valence-electron chi connectivity index (χ4n) is 2.15. The van der Waals surface area contributed by atoms with Gasteiger partial charge in [-0.15, -0.1) is 5.10 Å². The number of aldehydes is 1. The third-order valence-corrected chi connectivity index (χ3v) is 3.33. The minimum atomic E-state index is 0.471. The van der Waals surface area contributed by atoms with Crippen LogP contribution in [-0.2, 0) is 17.8 Å². The molecule has 0 aliphatic carbocycles. The summed E-state index contributed by atoms with van der Waals surface area (Å²) in [5.74, 6) is 0. The summed E-state index contributed by atoms with van der Waals surface area (Å²) in [4.78, 5) is 10.3. The number of carbonyl (C=O) groups excluding carboxylic acids is 1. The standard InChI is InChI=1S/C16H21N3O/c1-2-3-4-6-14-7-9-15(10-8-14)16-13-19(18-17-16)11-5-12-20/h7-10,12-13H,2-6,11H2,1H3. The van der Waals surface area contributed by atoms with Gasteiger partial charge in [-0.25, -0.2) is 0 Å². The third-order valence-electron chi connectivity index (χ3n) is 3.33. The quantitative estimate of drug-likeness (QED) is 0.547. The topological polar surface area (TPSA) is 47.8 Å². The lowest BCUT2D eigenvalue weighted by Crippen LogP contribution is -1.98. The number of nitrogens with zero attached hydrogens (tertiary/aromatic N) is 3. The van der Waals surface area contributed by atoms with Crippen LogP contribution in [0.4, 0.5) is 0 Å². The van der Waals surface area contributed by atoms with E-state index in [9.17, 15) is 4.79 Å². The van der Waals surface area contributed by atoms with Gasteiger partial charge in [0, 0.05) is 18.5 Å². The van der Waals surface area contributed by atoms with Crippen molar-refractivity contribution in [3.8, 4) is 11.3 Å². The van der Waals surface area contributed by atoms with Crippen LogP contribution < -0.4 is 0 Å². The number of unbranched alkanes of at least 4 members (excludes halogenated alkanes) is 2. The van der Waals surface area contributed by atoms with Crippen LogP contribution in [0.25, 0.3) is 11.3 Å². The van der Waals surface area contributed by atoms with E-state index < -0.39 is 0 Å². The minimum absolute atomic E-state index is 0.471. The van der Waals surface area contributed by atoms with Gasteiger partial charge in [-0.3, -0.25) is 4.68 Å². The molecule has 4 nitrogen and oxygen atoms in total. The van der Waals surface area contributed by atoms with Crippen molar-refractivity contribution in [2.45, 2.75) is 45.6 Å². The van der Waals surface area contributed by atoms with Gasteiger partial charge in [0.05, 0.1) is 6.20 Å². The van der Waals surface area contributed by atoms with E-state index in [-0.39, 0.29) is 0 Å². The molecule has 1 aromatic carbocycles. The molecule has 0 bridgehead atoms. The maximum absolute atomic E-state index is 10.3. The highest BCUT2D eigenvalue weighted by molar-refractivity contribution is 5.58. The molecule has 0 unspecified atom stereocenters. The van der Waals surface area contributed by atoms with Gasteiger partial charge in [-0.2, -0.15) is 0 Å². The molecule has 0 amide bonds. The molecule has 0 N–H and O–H groups in total. The van der Waals surface area contributed by atoms with Gasteiger partial charge in [0.1, 0.15) is 12.0 Å². The predicted octanol–water partition coefficient (Wildman–Crippen LogP) is 3.27. The van der Waals surface area contributed by atoms with Gasteiger partial charge in [-0.05, 0) is 18.4 Å². The Morgan fingerprint density at radius 1 is 1.20 bits per heavy atom. The first-order valence-electron chi connectivity index (χ1n) is 7.26. The van der Waals surface area contributed by atoms with E-state index in [4.69, 9.17) is 0 Å². The molecule has 0 fully saturated rings. The number of carbonyl (C=O) groups is 1. The molecule has 106 valence electrons. The van der Waals surface area contributed by atoms with Crippen molar-refractivity contribution in [2.75, 3.05) is 0 Å².